The van der Waals surface area contributed by atoms with Crippen LogP contribution in [-0.4, -0.2) is 0 Å². The largest absolute Gasteiger partial charge is 0.0760 e. The van der Waals surface area contributed by atoms with Crippen LogP contribution in [0.2, 0.25) is 0 Å². The third-order valence-electron chi connectivity index (χ3n) is 3.41. The SMILES string of the molecule is CC(C)=C1[C@H]2C=C[C@@H]1c1ccccc12. The van der Waals surface area contributed by atoms with Gasteiger partial charge in [0.2, 0.25) is 0 Å². The molecule has 0 heteroatoms. The van der Waals surface area contributed by atoms with Crippen molar-refractivity contribution in [3.8, 4) is 0 Å². The maximum atomic E-state index is 2.36. The summed E-state index contributed by atoms with van der Waals surface area (Å²) >= 11 is 0. The molecule has 0 aromatic heterocycles. The fourth-order valence-corrected chi connectivity index (χ4v) is 2.86. The molecule has 0 spiro atoms. The first kappa shape index (κ1) is 8.05. The van der Waals surface area contributed by atoms with Crippen molar-refractivity contribution in [2.75, 3.05) is 0 Å². The molecule has 0 saturated carbocycles. The lowest BCUT2D eigenvalue weighted by Gasteiger charge is -2.07. The lowest BCUT2D eigenvalue weighted by Crippen LogP contribution is -1.90. The molecule has 0 nitrogen and oxygen atoms in total. The van der Waals surface area contributed by atoms with Crippen LogP contribution in [0.4, 0.5) is 0 Å². The van der Waals surface area contributed by atoms with Crippen molar-refractivity contribution in [3.63, 3.8) is 0 Å². The average molecular weight is 182 g/mol. The van der Waals surface area contributed by atoms with Crippen molar-refractivity contribution in [2.24, 2.45) is 0 Å². The Morgan fingerprint density at radius 1 is 0.929 bits per heavy atom. The summed E-state index contributed by atoms with van der Waals surface area (Å²) in [6, 6.07) is 8.84. The number of allylic oxidation sites excluding steroid dienone is 4. The van der Waals surface area contributed by atoms with Gasteiger partial charge in [0.05, 0.1) is 0 Å². The van der Waals surface area contributed by atoms with Gasteiger partial charge in [-0.1, -0.05) is 42.0 Å². The van der Waals surface area contributed by atoms with Crippen molar-refractivity contribution in [1.29, 1.82) is 0 Å². The van der Waals surface area contributed by atoms with Crippen molar-refractivity contribution >= 4 is 0 Å². The summed E-state index contributed by atoms with van der Waals surface area (Å²) in [5, 5.41) is 0. The van der Waals surface area contributed by atoms with E-state index < -0.39 is 0 Å². The fourth-order valence-electron chi connectivity index (χ4n) is 2.86. The Balaban J connectivity index is 2.26. The molecular weight excluding hydrogens is 168 g/mol. The standard InChI is InChI=1S/C14H14/c1-9(2)14-12-7-8-13(14)11-6-4-3-5-10(11)12/h3-8,12-13H,1-2H3/t12-,13+. The van der Waals surface area contributed by atoms with Gasteiger partial charge in [-0.2, -0.15) is 0 Å². The van der Waals surface area contributed by atoms with Crippen LogP contribution in [-0.2, 0) is 0 Å². The predicted molar refractivity (Wildman–Crippen MR) is 59.4 cm³/mol. The molecule has 2 bridgehead atoms. The van der Waals surface area contributed by atoms with E-state index in [1.165, 1.54) is 16.7 Å². The summed E-state index contributed by atoms with van der Waals surface area (Å²) in [5.74, 6) is 1.17. The Labute approximate surface area is 85.0 Å². The van der Waals surface area contributed by atoms with Crippen molar-refractivity contribution < 1.29 is 0 Å². The minimum atomic E-state index is 0.584. The Bertz CT molecular complexity index is 410. The van der Waals surface area contributed by atoms with Crippen LogP contribution in [0.25, 0.3) is 0 Å². The molecule has 3 rings (SSSR count). The average Bonchev–Trinajstić information content (AvgIpc) is 2.73. The smallest absolute Gasteiger partial charge is 0.0243 e. The highest BCUT2D eigenvalue weighted by molar-refractivity contribution is 5.60. The molecule has 0 heterocycles. The summed E-state index contributed by atoms with van der Waals surface area (Å²) in [5.41, 5.74) is 6.15. The zero-order valence-corrected chi connectivity index (χ0v) is 8.62. The van der Waals surface area contributed by atoms with Gasteiger partial charge in [0.25, 0.3) is 0 Å². The minimum absolute atomic E-state index is 0.584. The summed E-state index contributed by atoms with van der Waals surface area (Å²) in [6.45, 7) is 4.46. The van der Waals surface area contributed by atoms with Gasteiger partial charge in [0.15, 0.2) is 0 Å². The zero-order chi connectivity index (χ0) is 9.71. The third kappa shape index (κ3) is 0.836. The first-order valence-corrected chi connectivity index (χ1v) is 5.23. The molecule has 0 unspecified atom stereocenters. The number of rotatable bonds is 0. The van der Waals surface area contributed by atoms with E-state index in [2.05, 4.69) is 50.3 Å². The topological polar surface area (TPSA) is 0 Å². The third-order valence-corrected chi connectivity index (χ3v) is 3.41. The number of benzene rings is 1. The van der Waals surface area contributed by atoms with Crippen LogP contribution in [0.1, 0.15) is 36.8 Å². The summed E-state index contributed by atoms with van der Waals surface area (Å²) in [4.78, 5) is 0. The molecule has 14 heavy (non-hydrogen) atoms. The van der Waals surface area contributed by atoms with Crippen molar-refractivity contribution in [1.82, 2.24) is 0 Å². The Hall–Kier alpha value is -1.30. The lowest BCUT2D eigenvalue weighted by molar-refractivity contribution is 0.992. The fraction of sp³-hybridized carbons (Fsp3) is 0.286. The van der Waals surface area contributed by atoms with Crippen LogP contribution in [0.5, 0.6) is 0 Å². The molecule has 0 fully saturated rings. The minimum Gasteiger partial charge on any atom is -0.0760 e. The molecule has 1 aromatic carbocycles. The predicted octanol–water partition coefficient (Wildman–Crippen LogP) is 3.77. The van der Waals surface area contributed by atoms with E-state index in [1.54, 1.807) is 5.57 Å². The lowest BCUT2D eigenvalue weighted by atomic mass is 9.97. The van der Waals surface area contributed by atoms with Gasteiger partial charge in [-0.05, 0) is 30.5 Å². The van der Waals surface area contributed by atoms with E-state index in [0.717, 1.165) is 0 Å². The molecule has 1 aromatic rings. The summed E-state index contributed by atoms with van der Waals surface area (Å²) in [7, 11) is 0. The summed E-state index contributed by atoms with van der Waals surface area (Å²) < 4.78 is 0. The molecule has 2 aliphatic carbocycles. The monoisotopic (exact) mass is 182 g/mol. The van der Waals surface area contributed by atoms with Crippen molar-refractivity contribution in [2.45, 2.75) is 25.7 Å². The zero-order valence-electron chi connectivity index (χ0n) is 8.62. The molecule has 0 N–H and O–H groups in total. The molecule has 0 radical (unpaired) electrons. The quantitative estimate of drug-likeness (QED) is 0.536. The maximum Gasteiger partial charge on any atom is 0.0243 e. The van der Waals surface area contributed by atoms with Gasteiger partial charge in [0, 0.05) is 11.8 Å². The highest BCUT2D eigenvalue weighted by Gasteiger charge is 2.37. The Morgan fingerprint density at radius 3 is 1.86 bits per heavy atom. The summed E-state index contributed by atoms with van der Waals surface area (Å²) in [6.07, 6.45) is 4.71. The van der Waals surface area contributed by atoms with E-state index >= 15 is 0 Å². The van der Waals surface area contributed by atoms with Crippen LogP contribution in [0.3, 0.4) is 0 Å². The second-order valence-electron chi connectivity index (χ2n) is 4.42. The Morgan fingerprint density at radius 2 is 1.43 bits per heavy atom. The second kappa shape index (κ2) is 2.60. The van der Waals surface area contributed by atoms with E-state index in [4.69, 9.17) is 0 Å². The van der Waals surface area contributed by atoms with Crippen LogP contribution in [0.15, 0.2) is 47.6 Å². The van der Waals surface area contributed by atoms with Gasteiger partial charge < -0.3 is 0 Å². The molecule has 2 atom stereocenters. The normalized spacial score (nSPS) is 26.9. The Kier molecular flexibility index (Phi) is 1.49. The van der Waals surface area contributed by atoms with Crippen LogP contribution < -0.4 is 0 Å². The van der Waals surface area contributed by atoms with Crippen molar-refractivity contribution in [3.05, 3.63) is 58.7 Å². The van der Waals surface area contributed by atoms with Crippen LogP contribution >= 0.6 is 0 Å². The highest BCUT2D eigenvalue weighted by Crippen LogP contribution is 2.53. The molecule has 70 valence electrons. The van der Waals surface area contributed by atoms with Gasteiger partial charge in [-0.25, -0.2) is 0 Å². The van der Waals surface area contributed by atoms with E-state index in [1.807, 2.05) is 0 Å². The van der Waals surface area contributed by atoms with Gasteiger partial charge in [-0.3, -0.25) is 0 Å². The maximum absolute atomic E-state index is 2.36. The molecule has 0 aliphatic heterocycles. The van der Waals surface area contributed by atoms with E-state index in [0.29, 0.717) is 11.8 Å². The van der Waals surface area contributed by atoms with E-state index in [9.17, 15) is 0 Å². The number of fused-ring (bicyclic) bond motifs is 5. The molecule has 0 amide bonds. The van der Waals surface area contributed by atoms with Gasteiger partial charge in [0.1, 0.15) is 0 Å². The highest BCUT2D eigenvalue weighted by atomic mass is 14.4. The first-order valence-electron chi connectivity index (χ1n) is 5.23. The van der Waals surface area contributed by atoms with Crippen LogP contribution in [0, 0.1) is 0 Å². The number of hydrogen-bond acceptors (Lipinski definition) is 0. The molecule has 0 saturated heterocycles. The van der Waals surface area contributed by atoms with E-state index in [-0.39, 0.29) is 0 Å². The molecule has 2 aliphatic rings. The first-order chi connectivity index (χ1) is 6.79. The number of hydrogen-bond donors (Lipinski definition) is 0. The second-order valence-corrected chi connectivity index (χ2v) is 4.42. The van der Waals surface area contributed by atoms with Gasteiger partial charge >= 0.3 is 0 Å². The molecular formula is C14H14. The van der Waals surface area contributed by atoms with Gasteiger partial charge in [-0.15, -0.1) is 0 Å².